The molecular weight excluding hydrogens is 304 g/mol. The fourth-order valence-electron chi connectivity index (χ4n) is 2.13. The van der Waals surface area contributed by atoms with Crippen molar-refractivity contribution in [2.45, 2.75) is 0 Å². The van der Waals surface area contributed by atoms with Crippen molar-refractivity contribution in [3.05, 3.63) is 58.9 Å². The predicted octanol–water partition coefficient (Wildman–Crippen LogP) is 1.17. The lowest BCUT2D eigenvalue weighted by atomic mass is 10.1. The first-order valence-electron chi connectivity index (χ1n) is 6.49. The summed E-state index contributed by atoms with van der Waals surface area (Å²) in [7, 11) is 1.19. The monoisotopic (exact) mass is 314 g/mol. The van der Waals surface area contributed by atoms with Crippen molar-refractivity contribution in [2.75, 3.05) is 7.11 Å². The number of imide groups is 1. The maximum Gasteiger partial charge on any atom is 0.365 e. The van der Waals surface area contributed by atoms with Gasteiger partial charge in [-0.15, -0.1) is 0 Å². The molecule has 1 aliphatic rings. The van der Waals surface area contributed by atoms with Crippen molar-refractivity contribution >= 4 is 23.8 Å². The van der Waals surface area contributed by atoms with E-state index in [0.717, 1.165) is 0 Å². The number of amides is 2. The standard InChI is InChI=1S/C15H10N2O6/c1-22-15(21)11-6-8(7-16-11)14(20)23-17-12(18)9-4-2-3-5-10(9)13(17)19/h2-7,16H,1H3. The number of fused-ring (bicyclic) bond motifs is 1. The van der Waals surface area contributed by atoms with E-state index in [1.54, 1.807) is 12.1 Å². The van der Waals surface area contributed by atoms with Crippen molar-refractivity contribution in [3.8, 4) is 0 Å². The van der Waals surface area contributed by atoms with E-state index in [0.29, 0.717) is 5.06 Å². The molecule has 1 N–H and O–H groups in total. The van der Waals surface area contributed by atoms with Gasteiger partial charge in [-0.3, -0.25) is 9.59 Å². The van der Waals surface area contributed by atoms with Crippen LogP contribution in [0.5, 0.6) is 0 Å². The largest absolute Gasteiger partial charge is 0.464 e. The number of methoxy groups -OCH3 is 1. The van der Waals surface area contributed by atoms with Crippen molar-refractivity contribution in [2.24, 2.45) is 0 Å². The molecule has 3 rings (SSSR count). The van der Waals surface area contributed by atoms with Crippen molar-refractivity contribution in [3.63, 3.8) is 0 Å². The first kappa shape index (κ1) is 14.5. The molecule has 2 aromatic rings. The Morgan fingerprint density at radius 3 is 2.22 bits per heavy atom. The molecule has 2 heterocycles. The number of H-pyrrole nitrogens is 1. The molecular formula is C15H10N2O6. The number of ether oxygens (including phenoxy) is 1. The Bertz CT molecular complexity index is 803. The van der Waals surface area contributed by atoms with Gasteiger partial charge in [0, 0.05) is 6.20 Å². The number of hydrogen-bond acceptors (Lipinski definition) is 6. The van der Waals surface area contributed by atoms with Crippen LogP contribution in [-0.4, -0.2) is 40.9 Å². The molecule has 116 valence electrons. The molecule has 0 fully saturated rings. The third kappa shape index (κ3) is 2.35. The fraction of sp³-hybridized carbons (Fsp3) is 0.0667. The number of benzene rings is 1. The summed E-state index contributed by atoms with van der Waals surface area (Å²) in [5.74, 6) is -3.05. The minimum Gasteiger partial charge on any atom is -0.464 e. The van der Waals surface area contributed by atoms with Crippen molar-refractivity contribution < 1.29 is 28.8 Å². The van der Waals surface area contributed by atoms with Gasteiger partial charge in [-0.25, -0.2) is 9.59 Å². The smallest absolute Gasteiger partial charge is 0.365 e. The number of hydroxylamine groups is 2. The first-order valence-corrected chi connectivity index (χ1v) is 6.49. The molecule has 0 radical (unpaired) electrons. The first-order chi connectivity index (χ1) is 11.0. The molecule has 0 aliphatic carbocycles. The zero-order chi connectivity index (χ0) is 16.6. The normalized spacial score (nSPS) is 13.0. The maximum absolute atomic E-state index is 12.1. The van der Waals surface area contributed by atoms with Gasteiger partial charge in [-0.2, -0.15) is 0 Å². The Labute approximate surface area is 129 Å². The average molecular weight is 314 g/mol. The van der Waals surface area contributed by atoms with Crippen molar-refractivity contribution in [1.82, 2.24) is 10.0 Å². The van der Waals surface area contributed by atoms with Crippen LogP contribution in [0.25, 0.3) is 0 Å². The van der Waals surface area contributed by atoms with E-state index in [9.17, 15) is 19.2 Å². The molecule has 8 nitrogen and oxygen atoms in total. The maximum atomic E-state index is 12.1. The van der Waals surface area contributed by atoms with Gasteiger partial charge in [0.25, 0.3) is 11.8 Å². The molecule has 0 saturated carbocycles. The molecule has 0 unspecified atom stereocenters. The van der Waals surface area contributed by atoms with Gasteiger partial charge in [0.1, 0.15) is 5.69 Å². The minimum absolute atomic E-state index is 0.0260. The topological polar surface area (TPSA) is 106 Å². The molecule has 8 heteroatoms. The summed E-state index contributed by atoms with van der Waals surface area (Å²) in [6.07, 6.45) is 1.22. The second-order valence-corrected chi connectivity index (χ2v) is 4.62. The predicted molar refractivity (Wildman–Crippen MR) is 74.5 cm³/mol. The third-order valence-electron chi connectivity index (χ3n) is 3.26. The number of carbonyl (C=O) groups is 4. The summed E-state index contributed by atoms with van der Waals surface area (Å²) in [5.41, 5.74) is 0.341. The number of rotatable bonds is 3. The van der Waals surface area contributed by atoms with Crippen LogP contribution in [0.3, 0.4) is 0 Å². The zero-order valence-corrected chi connectivity index (χ0v) is 11.9. The molecule has 1 aromatic heterocycles. The number of aromatic nitrogens is 1. The van der Waals surface area contributed by atoms with Gasteiger partial charge in [-0.1, -0.05) is 17.2 Å². The molecule has 0 spiro atoms. The highest BCUT2D eigenvalue weighted by molar-refractivity contribution is 6.21. The van der Waals surface area contributed by atoms with Gasteiger partial charge in [0.05, 0.1) is 23.8 Å². The van der Waals surface area contributed by atoms with Crippen LogP contribution in [0, 0.1) is 0 Å². The van der Waals surface area contributed by atoms with E-state index in [2.05, 4.69) is 9.72 Å². The summed E-state index contributed by atoms with van der Waals surface area (Å²) in [4.78, 5) is 54.9. The van der Waals surface area contributed by atoms with Gasteiger partial charge < -0.3 is 14.6 Å². The minimum atomic E-state index is -0.953. The average Bonchev–Trinajstić information content (AvgIpc) is 3.15. The Morgan fingerprint density at radius 1 is 1.04 bits per heavy atom. The van der Waals surface area contributed by atoms with Gasteiger partial charge >= 0.3 is 11.9 Å². The van der Waals surface area contributed by atoms with E-state index in [1.165, 1.54) is 31.5 Å². The van der Waals surface area contributed by atoms with Crippen LogP contribution < -0.4 is 0 Å². The molecule has 0 bridgehead atoms. The SMILES string of the molecule is COC(=O)c1cc(C(=O)ON2C(=O)c3ccccc3C2=O)c[nH]1. The zero-order valence-electron chi connectivity index (χ0n) is 11.9. The Hall–Kier alpha value is -3.42. The van der Waals surface area contributed by atoms with Gasteiger partial charge in [0.15, 0.2) is 0 Å². The number of hydrogen-bond donors (Lipinski definition) is 1. The highest BCUT2D eigenvalue weighted by Crippen LogP contribution is 2.23. The lowest BCUT2D eigenvalue weighted by Crippen LogP contribution is -2.32. The molecule has 0 atom stereocenters. The van der Waals surface area contributed by atoms with E-state index in [1.807, 2.05) is 0 Å². The van der Waals surface area contributed by atoms with E-state index in [-0.39, 0.29) is 22.4 Å². The summed E-state index contributed by atoms with van der Waals surface area (Å²) >= 11 is 0. The second-order valence-electron chi connectivity index (χ2n) is 4.62. The Morgan fingerprint density at radius 2 is 1.65 bits per heavy atom. The van der Waals surface area contributed by atoms with Crippen molar-refractivity contribution in [1.29, 1.82) is 0 Å². The number of nitrogens with one attached hydrogen (secondary N) is 1. The lowest BCUT2D eigenvalue weighted by Gasteiger charge is -2.11. The second kappa shape index (κ2) is 5.41. The highest BCUT2D eigenvalue weighted by atomic mass is 16.7. The van der Waals surface area contributed by atoms with Crippen LogP contribution in [0.4, 0.5) is 0 Å². The molecule has 1 aliphatic heterocycles. The van der Waals surface area contributed by atoms with Gasteiger partial charge in [0.2, 0.25) is 0 Å². The molecule has 0 saturated heterocycles. The third-order valence-corrected chi connectivity index (χ3v) is 3.26. The lowest BCUT2D eigenvalue weighted by molar-refractivity contribution is -0.0584. The summed E-state index contributed by atoms with van der Waals surface area (Å²) in [5, 5.41) is 0.401. The van der Waals surface area contributed by atoms with Crippen LogP contribution in [-0.2, 0) is 9.57 Å². The Kier molecular flexibility index (Phi) is 3.41. The fourth-order valence-corrected chi connectivity index (χ4v) is 2.13. The summed E-state index contributed by atoms with van der Waals surface area (Å²) < 4.78 is 4.50. The van der Waals surface area contributed by atoms with Crippen LogP contribution in [0.1, 0.15) is 41.6 Å². The quantitative estimate of drug-likeness (QED) is 0.673. The summed E-state index contributed by atoms with van der Waals surface area (Å²) in [6.45, 7) is 0. The number of nitrogens with zero attached hydrogens (tertiary/aromatic N) is 1. The highest BCUT2D eigenvalue weighted by Gasteiger charge is 2.38. The summed E-state index contributed by atoms with van der Waals surface area (Å²) in [6, 6.07) is 7.34. The number of carbonyl (C=O) groups excluding carboxylic acids is 4. The van der Waals surface area contributed by atoms with E-state index < -0.39 is 23.8 Å². The molecule has 2 amide bonds. The molecule has 23 heavy (non-hydrogen) atoms. The van der Waals surface area contributed by atoms with E-state index >= 15 is 0 Å². The number of esters is 1. The van der Waals surface area contributed by atoms with E-state index in [4.69, 9.17) is 4.84 Å². The van der Waals surface area contributed by atoms with Crippen LogP contribution >= 0.6 is 0 Å². The Balaban J connectivity index is 1.79. The van der Waals surface area contributed by atoms with Crippen LogP contribution in [0.2, 0.25) is 0 Å². The van der Waals surface area contributed by atoms with Crippen LogP contribution in [0.15, 0.2) is 36.5 Å². The molecule has 1 aromatic carbocycles. The number of aromatic amines is 1. The van der Waals surface area contributed by atoms with Gasteiger partial charge in [-0.05, 0) is 18.2 Å².